The predicted molar refractivity (Wildman–Crippen MR) is 70.3 cm³/mol. The van der Waals surface area contributed by atoms with Crippen molar-refractivity contribution in [1.29, 1.82) is 0 Å². The molecule has 0 saturated carbocycles. The molecule has 1 aromatic carbocycles. The average Bonchev–Trinajstić information content (AvgIpc) is 2.34. The molecule has 1 aliphatic rings. The summed E-state index contributed by atoms with van der Waals surface area (Å²) in [5.74, 6) is 0.513. The molecule has 0 radical (unpaired) electrons. The van der Waals surface area contributed by atoms with Crippen molar-refractivity contribution in [2.75, 3.05) is 13.6 Å². The highest BCUT2D eigenvalue weighted by Gasteiger charge is 2.23. The molecular weight excluding hydrogens is 228 g/mol. The van der Waals surface area contributed by atoms with Crippen LogP contribution < -0.4 is 5.32 Å². The Hall–Kier alpha value is -1.55. The number of hydrogen-bond acceptors (Lipinski definition) is 3. The molecule has 1 saturated heterocycles. The molecule has 1 fully saturated rings. The van der Waals surface area contributed by atoms with Crippen LogP contribution in [0.25, 0.3) is 0 Å². The normalized spacial score (nSPS) is 22.0. The number of carbonyl (C=O) groups is 1. The molecule has 0 aliphatic carbocycles. The van der Waals surface area contributed by atoms with E-state index in [0.717, 1.165) is 18.5 Å². The van der Waals surface area contributed by atoms with Gasteiger partial charge in [-0.05, 0) is 31.0 Å². The highest BCUT2D eigenvalue weighted by Crippen LogP contribution is 2.19. The molecule has 4 nitrogen and oxygen atoms in total. The van der Waals surface area contributed by atoms with Crippen LogP contribution in [0.1, 0.15) is 31.4 Å². The lowest BCUT2D eigenvalue weighted by Crippen LogP contribution is -2.47. The van der Waals surface area contributed by atoms with Gasteiger partial charge in [0.1, 0.15) is 5.75 Å². The van der Waals surface area contributed by atoms with Crippen molar-refractivity contribution in [2.24, 2.45) is 0 Å². The molecule has 0 aromatic heterocycles. The molecule has 0 bridgehead atoms. The fourth-order valence-electron chi connectivity index (χ4n) is 2.36. The Morgan fingerprint density at radius 1 is 1.39 bits per heavy atom. The highest BCUT2D eigenvalue weighted by molar-refractivity contribution is 5.76. The molecule has 2 rings (SSSR count). The minimum absolute atomic E-state index is 0.220. The van der Waals surface area contributed by atoms with Crippen LogP contribution in [0.3, 0.4) is 0 Å². The third-order valence-electron chi connectivity index (χ3n) is 3.51. The maximum atomic E-state index is 11.4. The second kappa shape index (κ2) is 5.40. The minimum Gasteiger partial charge on any atom is -0.508 e. The van der Waals surface area contributed by atoms with E-state index in [1.165, 1.54) is 0 Å². The molecule has 2 N–H and O–H groups in total. The van der Waals surface area contributed by atoms with Gasteiger partial charge >= 0.3 is 0 Å². The largest absolute Gasteiger partial charge is 0.508 e. The lowest BCUT2D eigenvalue weighted by atomic mass is 10.0. The molecule has 1 heterocycles. The highest BCUT2D eigenvalue weighted by atomic mass is 16.3. The Bertz CT molecular complexity index is 416. The Balaban J connectivity index is 1.93. The van der Waals surface area contributed by atoms with E-state index in [9.17, 15) is 9.90 Å². The molecule has 2 unspecified atom stereocenters. The molecule has 0 spiro atoms. The number of carbonyl (C=O) groups excluding carboxylic acids is 1. The molecule has 1 aromatic rings. The molecule has 1 aliphatic heterocycles. The van der Waals surface area contributed by atoms with Gasteiger partial charge in [0.15, 0.2) is 0 Å². The zero-order valence-electron chi connectivity index (χ0n) is 10.9. The van der Waals surface area contributed by atoms with Crippen LogP contribution in [0, 0.1) is 0 Å². The van der Waals surface area contributed by atoms with Gasteiger partial charge in [-0.15, -0.1) is 0 Å². The number of benzene rings is 1. The van der Waals surface area contributed by atoms with Crippen molar-refractivity contribution in [3.8, 4) is 5.75 Å². The van der Waals surface area contributed by atoms with E-state index in [2.05, 4.69) is 12.2 Å². The summed E-state index contributed by atoms with van der Waals surface area (Å²) in [5.41, 5.74) is 1.15. The van der Waals surface area contributed by atoms with Crippen molar-refractivity contribution < 1.29 is 9.90 Å². The summed E-state index contributed by atoms with van der Waals surface area (Å²) in [5, 5.41) is 12.8. The Labute approximate surface area is 108 Å². The van der Waals surface area contributed by atoms with Crippen LogP contribution in [0.15, 0.2) is 24.3 Å². The fourth-order valence-corrected chi connectivity index (χ4v) is 2.36. The number of likely N-dealkylation sites (N-methyl/N-ethyl adjacent to an activating group) is 1. The molecule has 98 valence electrons. The predicted octanol–water partition coefficient (Wildman–Crippen LogP) is 1.66. The standard InChI is InChI=1S/C14H20N2O2/c1-10(11-3-6-13(17)7-4-11)15-12-5-8-14(18)16(2)9-12/h3-4,6-7,10,12,15,17H,5,8-9H2,1-2H3. The molecule has 18 heavy (non-hydrogen) atoms. The van der Waals surface area contributed by atoms with E-state index in [-0.39, 0.29) is 17.7 Å². The van der Waals surface area contributed by atoms with Crippen molar-refractivity contribution in [3.05, 3.63) is 29.8 Å². The topological polar surface area (TPSA) is 52.6 Å². The first-order chi connectivity index (χ1) is 8.56. The second-order valence-electron chi connectivity index (χ2n) is 4.99. The van der Waals surface area contributed by atoms with Gasteiger partial charge < -0.3 is 15.3 Å². The first-order valence-corrected chi connectivity index (χ1v) is 6.35. The maximum Gasteiger partial charge on any atom is 0.222 e. The Morgan fingerprint density at radius 2 is 2.06 bits per heavy atom. The number of nitrogens with zero attached hydrogens (tertiary/aromatic N) is 1. The van der Waals surface area contributed by atoms with Crippen LogP contribution in [0.2, 0.25) is 0 Å². The smallest absolute Gasteiger partial charge is 0.222 e. The van der Waals surface area contributed by atoms with Crippen LogP contribution in [0.4, 0.5) is 0 Å². The summed E-state index contributed by atoms with van der Waals surface area (Å²) in [4.78, 5) is 13.2. The molecular formula is C14H20N2O2. The number of phenolic OH excluding ortho intramolecular Hbond substituents is 1. The Morgan fingerprint density at radius 3 is 2.67 bits per heavy atom. The van der Waals surface area contributed by atoms with Crippen LogP contribution in [-0.2, 0) is 4.79 Å². The van der Waals surface area contributed by atoms with Gasteiger partial charge in [0.25, 0.3) is 0 Å². The lowest BCUT2D eigenvalue weighted by molar-refractivity contribution is -0.132. The summed E-state index contributed by atoms with van der Waals surface area (Å²) in [6.45, 7) is 2.87. The molecule has 2 atom stereocenters. The second-order valence-corrected chi connectivity index (χ2v) is 4.99. The van der Waals surface area contributed by atoms with E-state index in [0.29, 0.717) is 12.5 Å². The van der Waals surface area contributed by atoms with Crippen LogP contribution in [0.5, 0.6) is 5.75 Å². The number of rotatable bonds is 3. The summed E-state index contributed by atoms with van der Waals surface area (Å²) in [7, 11) is 1.85. The van der Waals surface area contributed by atoms with Crippen LogP contribution in [-0.4, -0.2) is 35.5 Å². The van der Waals surface area contributed by atoms with Gasteiger partial charge in [-0.25, -0.2) is 0 Å². The minimum atomic E-state index is 0.220. The van der Waals surface area contributed by atoms with Crippen molar-refractivity contribution in [3.63, 3.8) is 0 Å². The fraction of sp³-hybridized carbons (Fsp3) is 0.500. The van der Waals surface area contributed by atoms with E-state index in [4.69, 9.17) is 0 Å². The third kappa shape index (κ3) is 3.01. The number of likely N-dealkylation sites (tertiary alicyclic amines) is 1. The summed E-state index contributed by atoms with van der Waals surface area (Å²) in [6.07, 6.45) is 1.52. The monoisotopic (exact) mass is 248 g/mol. The third-order valence-corrected chi connectivity index (χ3v) is 3.51. The first-order valence-electron chi connectivity index (χ1n) is 6.35. The van der Waals surface area contributed by atoms with Crippen molar-refractivity contribution in [1.82, 2.24) is 10.2 Å². The maximum absolute atomic E-state index is 11.4. The van der Waals surface area contributed by atoms with Gasteiger partial charge in [0.2, 0.25) is 5.91 Å². The molecule has 1 amide bonds. The number of aromatic hydroxyl groups is 1. The van der Waals surface area contributed by atoms with Crippen molar-refractivity contribution >= 4 is 5.91 Å². The van der Waals surface area contributed by atoms with Gasteiger partial charge in [-0.2, -0.15) is 0 Å². The lowest BCUT2D eigenvalue weighted by Gasteiger charge is -2.32. The van der Waals surface area contributed by atoms with E-state index in [1.54, 1.807) is 17.0 Å². The van der Waals surface area contributed by atoms with E-state index in [1.807, 2.05) is 19.2 Å². The quantitative estimate of drug-likeness (QED) is 0.855. The van der Waals surface area contributed by atoms with Crippen LogP contribution >= 0.6 is 0 Å². The van der Waals surface area contributed by atoms with E-state index < -0.39 is 0 Å². The Kier molecular flexibility index (Phi) is 3.87. The van der Waals surface area contributed by atoms with Crippen molar-refractivity contribution in [2.45, 2.75) is 31.8 Å². The molecule has 4 heteroatoms. The summed E-state index contributed by atoms with van der Waals surface area (Å²) < 4.78 is 0. The average molecular weight is 248 g/mol. The zero-order chi connectivity index (χ0) is 13.1. The van der Waals surface area contributed by atoms with Gasteiger partial charge in [-0.3, -0.25) is 4.79 Å². The number of phenols is 1. The van der Waals surface area contributed by atoms with Gasteiger partial charge in [-0.1, -0.05) is 12.1 Å². The first kappa shape index (κ1) is 12.9. The zero-order valence-corrected chi connectivity index (χ0v) is 10.9. The summed E-state index contributed by atoms with van der Waals surface area (Å²) >= 11 is 0. The van der Waals surface area contributed by atoms with E-state index >= 15 is 0 Å². The van der Waals surface area contributed by atoms with Gasteiger partial charge in [0.05, 0.1) is 0 Å². The van der Waals surface area contributed by atoms with Gasteiger partial charge in [0, 0.05) is 32.1 Å². The number of amides is 1. The number of hydrogen-bond donors (Lipinski definition) is 2. The number of piperidine rings is 1. The summed E-state index contributed by atoms with van der Waals surface area (Å²) in [6, 6.07) is 7.80. The number of nitrogens with one attached hydrogen (secondary N) is 1. The SMILES string of the molecule is CC(NC1CCC(=O)N(C)C1)c1ccc(O)cc1.